The highest BCUT2D eigenvalue weighted by Crippen LogP contribution is 2.24. The van der Waals surface area contributed by atoms with Gasteiger partial charge >= 0.3 is 0 Å². The van der Waals surface area contributed by atoms with Crippen LogP contribution in [0.15, 0.2) is 53.7 Å². The van der Waals surface area contributed by atoms with Crippen LogP contribution in [-0.4, -0.2) is 34.9 Å². The number of fused-ring (bicyclic) bond motifs is 1. The highest BCUT2D eigenvalue weighted by atomic mass is 32.2. The normalized spacial score (nSPS) is 11.2. The number of aryl methyl sites for hydroxylation is 1. The molecule has 0 saturated heterocycles. The van der Waals surface area contributed by atoms with Crippen LogP contribution in [-0.2, 0) is 12.8 Å². The van der Waals surface area contributed by atoms with Crippen molar-refractivity contribution in [2.24, 2.45) is 7.05 Å². The van der Waals surface area contributed by atoms with Gasteiger partial charge in [-0.25, -0.2) is 4.98 Å². The van der Waals surface area contributed by atoms with E-state index in [9.17, 15) is 5.11 Å². The van der Waals surface area contributed by atoms with E-state index in [1.54, 1.807) is 28.9 Å². The summed E-state index contributed by atoms with van der Waals surface area (Å²) in [6.07, 6.45) is 0. The Hall–Kier alpha value is -2.87. The van der Waals surface area contributed by atoms with Crippen molar-refractivity contribution in [1.82, 2.24) is 29.8 Å². The minimum Gasteiger partial charge on any atom is -0.508 e. The molecular formula is C16H14N6OS. The quantitative estimate of drug-likeness (QED) is 0.576. The molecule has 4 rings (SSSR count). The average molecular weight is 338 g/mol. The lowest BCUT2D eigenvalue weighted by Gasteiger charge is -2.04. The van der Waals surface area contributed by atoms with Crippen molar-refractivity contribution in [1.29, 1.82) is 0 Å². The van der Waals surface area contributed by atoms with Crippen LogP contribution in [0.2, 0.25) is 0 Å². The molecule has 2 heterocycles. The number of aromatic nitrogens is 6. The summed E-state index contributed by atoms with van der Waals surface area (Å²) in [6.45, 7) is 0. The summed E-state index contributed by atoms with van der Waals surface area (Å²) in [5.41, 5.74) is 2.88. The maximum atomic E-state index is 9.40. The molecule has 8 heteroatoms. The van der Waals surface area contributed by atoms with Gasteiger partial charge in [-0.3, -0.25) is 0 Å². The predicted octanol–water partition coefficient (Wildman–Crippen LogP) is 2.55. The van der Waals surface area contributed by atoms with Gasteiger partial charge in [-0.2, -0.15) is 4.68 Å². The van der Waals surface area contributed by atoms with Crippen molar-refractivity contribution >= 4 is 22.8 Å². The molecule has 0 aliphatic rings. The molecule has 0 bridgehead atoms. The average Bonchev–Trinajstić information content (AvgIpc) is 3.19. The summed E-state index contributed by atoms with van der Waals surface area (Å²) in [5.74, 6) is 1.83. The first-order valence-electron chi connectivity index (χ1n) is 7.33. The zero-order valence-corrected chi connectivity index (χ0v) is 13.7. The first-order valence-corrected chi connectivity index (χ1v) is 8.32. The van der Waals surface area contributed by atoms with Gasteiger partial charge in [0.25, 0.3) is 0 Å². The lowest BCUT2D eigenvalue weighted by Crippen LogP contribution is -2.00. The summed E-state index contributed by atoms with van der Waals surface area (Å²) in [7, 11) is 2.01. The smallest absolute Gasteiger partial charge is 0.214 e. The van der Waals surface area contributed by atoms with E-state index in [4.69, 9.17) is 0 Å². The Morgan fingerprint density at radius 3 is 2.67 bits per heavy atom. The van der Waals surface area contributed by atoms with Crippen LogP contribution < -0.4 is 0 Å². The number of tetrazole rings is 1. The van der Waals surface area contributed by atoms with Gasteiger partial charge in [0.15, 0.2) is 0 Å². The molecule has 0 saturated carbocycles. The van der Waals surface area contributed by atoms with Crippen molar-refractivity contribution in [3.05, 3.63) is 54.4 Å². The standard InChI is InChI=1S/C16H14N6OS/c1-21-14-5-3-2-4-13(14)17-15(21)10-24-16-18-19-20-22(16)11-6-8-12(23)9-7-11/h2-9,23H,10H2,1H3. The predicted molar refractivity (Wildman–Crippen MR) is 91.1 cm³/mol. The highest BCUT2D eigenvalue weighted by Gasteiger charge is 2.12. The van der Waals surface area contributed by atoms with Crippen LogP contribution in [0.25, 0.3) is 16.7 Å². The molecule has 0 radical (unpaired) electrons. The Morgan fingerprint density at radius 2 is 1.88 bits per heavy atom. The van der Waals surface area contributed by atoms with Crippen LogP contribution in [0.5, 0.6) is 5.75 Å². The second-order valence-corrected chi connectivity index (χ2v) is 6.20. The number of rotatable bonds is 4. The lowest BCUT2D eigenvalue weighted by molar-refractivity contribution is 0.475. The van der Waals surface area contributed by atoms with E-state index < -0.39 is 0 Å². The van der Waals surface area contributed by atoms with E-state index in [0.717, 1.165) is 22.5 Å². The van der Waals surface area contributed by atoms with Crippen LogP contribution >= 0.6 is 11.8 Å². The third-order valence-corrected chi connectivity index (χ3v) is 4.66. The summed E-state index contributed by atoms with van der Waals surface area (Å²) in [6, 6.07) is 14.8. The highest BCUT2D eigenvalue weighted by molar-refractivity contribution is 7.98. The molecule has 2 aromatic heterocycles. The van der Waals surface area contributed by atoms with Gasteiger partial charge in [0.05, 0.1) is 22.5 Å². The molecule has 0 atom stereocenters. The van der Waals surface area contributed by atoms with E-state index in [1.165, 1.54) is 11.8 Å². The van der Waals surface area contributed by atoms with Crippen molar-refractivity contribution in [2.75, 3.05) is 0 Å². The number of imidazole rings is 1. The summed E-state index contributed by atoms with van der Waals surface area (Å²) >= 11 is 1.52. The Balaban J connectivity index is 1.59. The maximum Gasteiger partial charge on any atom is 0.214 e. The number of phenolic OH excluding ortho intramolecular Hbond substituents is 1. The van der Waals surface area contributed by atoms with Crippen LogP contribution in [0.4, 0.5) is 0 Å². The van der Waals surface area contributed by atoms with E-state index in [1.807, 2.05) is 25.2 Å². The zero-order valence-electron chi connectivity index (χ0n) is 12.9. The van der Waals surface area contributed by atoms with E-state index >= 15 is 0 Å². The van der Waals surface area contributed by atoms with Crippen molar-refractivity contribution in [2.45, 2.75) is 10.9 Å². The van der Waals surface area contributed by atoms with Crippen LogP contribution in [0.3, 0.4) is 0 Å². The second kappa shape index (κ2) is 5.97. The molecule has 0 aliphatic heterocycles. The molecule has 0 unspecified atom stereocenters. The number of phenols is 1. The Bertz CT molecular complexity index is 991. The van der Waals surface area contributed by atoms with Crippen LogP contribution in [0.1, 0.15) is 5.82 Å². The van der Waals surface area contributed by atoms with Gasteiger partial charge in [0.2, 0.25) is 5.16 Å². The molecule has 0 amide bonds. The number of nitrogens with zero attached hydrogens (tertiary/aromatic N) is 6. The molecule has 4 aromatic rings. The fourth-order valence-corrected chi connectivity index (χ4v) is 3.35. The molecule has 24 heavy (non-hydrogen) atoms. The monoisotopic (exact) mass is 338 g/mol. The molecule has 120 valence electrons. The Morgan fingerprint density at radius 1 is 1.08 bits per heavy atom. The van der Waals surface area contributed by atoms with Gasteiger partial charge in [0, 0.05) is 7.05 Å². The van der Waals surface area contributed by atoms with Crippen molar-refractivity contribution < 1.29 is 5.11 Å². The van der Waals surface area contributed by atoms with E-state index in [-0.39, 0.29) is 5.75 Å². The van der Waals surface area contributed by atoms with Gasteiger partial charge in [-0.15, -0.1) is 5.10 Å². The number of aromatic hydroxyl groups is 1. The first kappa shape index (κ1) is 14.7. The van der Waals surface area contributed by atoms with Gasteiger partial charge in [-0.1, -0.05) is 23.9 Å². The SMILES string of the molecule is Cn1c(CSc2nnnn2-c2ccc(O)cc2)nc2ccccc21. The number of benzene rings is 2. The number of thioether (sulfide) groups is 1. The lowest BCUT2D eigenvalue weighted by atomic mass is 10.3. The summed E-state index contributed by atoms with van der Waals surface area (Å²) in [4.78, 5) is 4.66. The minimum absolute atomic E-state index is 0.209. The second-order valence-electron chi connectivity index (χ2n) is 5.25. The number of para-hydroxylation sites is 2. The van der Waals surface area contributed by atoms with Gasteiger partial charge in [0.1, 0.15) is 11.6 Å². The number of hydrogen-bond acceptors (Lipinski definition) is 6. The molecule has 0 fully saturated rings. The van der Waals surface area contributed by atoms with Crippen molar-refractivity contribution in [3.8, 4) is 11.4 Å². The van der Waals surface area contributed by atoms with Crippen molar-refractivity contribution in [3.63, 3.8) is 0 Å². The molecule has 0 aliphatic carbocycles. The van der Waals surface area contributed by atoms with E-state index in [2.05, 4.69) is 31.1 Å². The Labute approximate surface area is 141 Å². The molecule has 7 nitrogen and oxygen atoms in total. The molecular weight excluding hydrogens is 324 g/mol. The van der Waals surface area contributed by atoms with Gasteiger partial charge in [-0.05, 0) is 46.8 Å². The zero-order chi connectivity index (χ0) is 16.5. The Kier molecular flexibility index (Phi) is 3.66. The van der Waals surface area contributed by atoms with Gasteiger partial charge < -0.3 is 9.67 Å². The first-order chi connectivity index (χ1) is 11.7. The topological polar surface area (TPSA) is 81.7 Å². The molecule has 1 N–H and O–H groups in total. The third-order valence-electron chi connectivity index (χ3n) is 3.75. The largest absolute Gasteiger partial charge is 0.508 e. The summed E-state index contributed by atoms with van der Waals surface area (Å²) < 4.78 is 3.73. The summed E-state index contributed by atoms with van der Waals surface area (Å²) in [5, 5.41) is 21.9. The fraction of sp³-hybridized carbons (Fsp3) is 0.125. The maximum absolute atomic E-state index is 9.40. The molecule has 2 aromatic carbocycles. The molecule has 0 spiro atoms. The van der Waals surface area contributed by atoms with Crippen LogP contribution in [0, 0.1) is 0 Å². The number of hydrogen-bond donors (Lipinski definition) is 1. The fourth-order valence-electron chi connectivity index (χ4n) is 2.48. The minimum atomic E-state index is 0.209. The van der Waals surface area contributed by atoms with E-state index in [0.29, 0.717) is 10.9 Å². The third kappa shape index (κ3) is 2.61.